The number of thiazole rings is 1. The van der Waals surface area contributed by atoms with Crippen LogP contribution < -0.4 is 5.32 Å². The Morgan fingerprint density at radius 1 is 1.37 bits per heavy atom. The number of aromatic nitrogens is 1. The van der Waals surface area contributed by atoms with Gasteiger partial charge in [0, 0.05) is 23.7 Å². The summed E-state index contributed by atoms with van der Waals surface area (Å²) in [5.74, 6) is -0.0554. The van der Waals surface area contributed by atoms with E-state index in [-0.39, 0.29) is 23.9 Å². The summed E-state index contributed by atoms with van der Waals surface area (Å²) in [6.07, 6.45) is 6.28. The molecule has 2 fully saturated rings. The van der Waals surface area contributed by atoms with E-state index < -0.39 is 0 Å². The van der Waals surface area contributed by atoms with Crippen molar-refractivity contribution >= 4 is 23.2 Å². The van der Waals surface area contributed by atoms with E-state index in [1.807, 2.05) is 0 Å². The standard InChI is InChI=1S/C13H17N3O2S/c17-12-5-11(15-7-10-6-14-8-19-10)13(18)16(12)9-3-1-2-4-9/h6,8-9,11,15H,1-5,7H2. The van der Waals surface area contributed by atoms with E-state index >= 15 is 0 Å². The molecule has 2 amide bonds. The van der Waals surface area contributed by atoms with Crippen LogP contribution in [0.1, 0.15) is 37.0 Å². The fourth-order valence-corrected chi connectivity index (χ4v) is 3.46. The van der Waals surface area contributed by atoms with Crippen molar-refractivity contribution in [3.63, 3.8) is 0 Å². The van der Waals surface area contributed by atoms with Gasteiger partial charge in [0.2, 0.25) is 11.8 Å². The predicted octanol–water partition coefficient (Wildman–Crippen LogP) is 1.30. The SMILES string of the molecule is O=C1CC(NCc2cncs2)C(=O)N1C1CCCC1. The smallest absolute Gasteiger partial charge is 0.247 e. The molecule has 1 N–H and O–H groups in total. The number of rotatable bonds is 4. The maximum absolute atomic E-state index is 12.3. The van der Waals surface area contributed by atoms with Crippen LogP contribution in [0.5, 0.6) is 0 Å². The van der Waals surface area contributed by atoms with Crippen molar-refractivity contribution in [2.24, 2.45) is 0 Å². The molecule has 1 aromatic rings. The quantitative estimate of drug-likeness (QED) is 0.844. The summed E-state index contributed by atoms with van der Waals surface area (Å²) in [5, 5.41) is 3.18. The molecule has 1 saturated heterocycles. The maximum Gasteiger partial charge on any atom is 0.247 e. The number of nitrogens with one attached hydrogen (secondary N) is 1. The van der Waals surface area contributed by atoms with E-state index in [0.29, 0.717) is 13.0 Å². The summed E-state index contributed by atoms with van der Waals surface area (Å²) >= 11 is 1.55. The van der Waals surface area contributed by atoms with Gasteiger partial charge >= 0.3 is 0 Å². The lowest BCUT2D eigenvalue weighted by Gasteiger charge is -2.22. The van der Waals surface area contributed by atoms with Crippen LogP contribution in [0.15, 0.2) is 11.7 Å². The predicted molar refractivity (Wildman–Crippen MR) is 71.5 cm³/mol. The third kappa shape index (κ3) is 2.55. The Labute approximate surface area is 116 Å². The molecule has 102 valence electrons. The van der Waals surface area contributed by atoms with Crippen molar-refractivity contribution in [2.45, 2.75) is 50.7 Å². The van der Waals surface area contributed by atoms with Gasteiger partial charge in [-0.25, -0.2) is 0 Å². The van der Waals surface area contributed by atoms with E-state index in [0.717, 1.165) is 30.6 Å². The Hall–Kier alpha value is -1.27. The van der Waals surface area contributed by atoms with Crippen LogP contribution in [-0.4, -0.2) is 33.8 Å². The van der Waals surface area contributed by atoms with Crippen molar-refractivity contribution in [3.8, 4) is 0 Å². The van der Waals surface area contributed by atoms with Crippen molar-refractivity contribution in [2.75, 3.05) is 0 Å². The van der Waals surface area contributed by atoms with Gasteiger partial charge in [-0.2, -0.15) is 0 Å². The molecule has 0 aromatic carbocycles. The summed E-state index contributed by atoms with van der Waals surface area (Å²) in [4.78, 5) is 30.9. The minimum Gasteiger partial charge on any atom is -0.300 e. The van der Waals surface area contributed by atoms with Gasteiger partial charge in [-0.05, 0) is 12.8 Å². The highest BCUT2D eigenvalue weighted by molar-refractivity contribution is 7.09. The molecule has 0 radical (unpaired) electrons. The lowest BCUT2D eigenvalue weighted by molar-refractivity contribution is -0.141. The number of carbonyl (C=O) groups is 2. The van der Waals surface area contributed by atoms with Gasteiger partial charge in [0.05, 0.1) is 18.0 Å². The molecule has 2 aliphatic rings. The van der Waals surface area contributed by atoms with Crippen LogP contribution in [-0.2, 0) is 16.1 Å². The third-order valence-corrected chi connectivity index (χ3v) is 4.66. The largest absolute Gasteiger partial charge is 0.300 e. The van der Waals surface area contributed by atoms with Crippen LogP contribution in [0.2, 0.25) is 0 Å². The van der Waals surface area contributed by atoms with E-state index in [2.05, 4.69) is 10.3 Å². The van der Waals surface area contributed by atoms with Crippen molar-refractivity contribution < 1.29 is 9.59 Å². The van der Waals surface area contributed by atoms with E-state index in [1.165, 1.54) is 4.90 Å². The lowest BCUT2D eigenvalue weighted by atomic mass is 10.2. The number of carbonyl (C=O) groups excluding carboxylic acids is 2. The summed E-state index contributed by atoms with van der Waals surface area (Å²) < 4.78 is 0. The number of nitrogens with zero attached hydrogens (tertiary/aromatic N) is 2. The molecule has 1 aliphatic carbocycles. The van der Waals surface area contributed by atoms with Crippen molar-refractivity contribution in [3.05, 3.63) is 16.6 Å². The average molecular weight is 279 g/mol. The minimum absolute atomic E-state index is 0.0151. The zero-order valence-electron chi connectivity index (χ0n) is 10.7. The highest BCUT2D eigenvalue weighted by Gasteiger charge is 2.42. The first kappa shape index (κ1) is 12.7. The van der Waals surface area contributed by atoms with Gasteiger partial charge in [0.15, 0.2) is 0 Å². The number of amides is 2. The molecule has 1 aromatic heterocycles. The molecule has 6 heteroatoms. The van der Waals surface area contributed by atoms with Crippen LogP contribution >= 0.6 is 11.3 Å². The number of likely N-dealkylation sites (tertiary alicyclic amines) is 1. The fraction of sp³-hybridized carbons (Fsp3) is 0.615. The van der Waals surface area contributed by atoms with Crippen LogP contribution in [0, 0.1) is 0 Å². The minimum atomic E-state index is -0.352. The number of hydrogen-bond acceptors (Lipinski definition) is 5. The topological polar surface area (TPSA) is 62.3 Å². The molecule has 2 heterocycles. The lowest BCUT2D eigenvalue weighted by Crippen LogP contribution is -2.42. The Morgan fingerprint density at radius 3 is 2.84 bits per heavy atom. The Balaban J connectivity index is 1.61. The molecule has 1 unspecified atom stereocenters. The van der Waals surface area contributed by atoms with Crippen molar-refractivity contribution in [1.29, 1.82) is 0 Å². The highest BCUT2D eigenvalue weighted by atomic mass is 32.1. The average Bonchev–Trinajstić information content (AvgIpc) is 3.09. The number of hydrogen-bond donors (Lipinski definition) is 1. The molecular weight excluding hydrogens is 262 g/mol. The second-order valence-electron chi connectivity index (χ2n) is 5.15. The highest BCUT2D eigenvalue weighted by Crippen LogP contribution is 2.28. The summed E-state index contributed by atoms with van der Waals surface area (Å²) in [6.45, 7) is 0.604. The van der Waals surface area contributed by atoms with Gasteiger partial charge < -0.3 is 5.32 Å². The molecular formula is C13H17N3O2S. The molecule has 3 rings (SSSR count). The first-order chi connectivity index (χ1) is 9.25. The molecule has 1 saturated carbocycles. The molecule has 19 heavy (non-hydrogen) atoms. The second-order valence-corrected chi connectivity index (χ2v) is 6.12. The fourth-order valence-electron chi connectivity index (χ4n) is 2.91. The summed E-state index contributed by atoms with van der Waals surface area (Å²) in [5.41, 5.74) is 1.77. The van der Waals surface area contributed by atoms with Gasteiger partial charge in [-0.15, -0.1) is 11.3 Å². The third-order valence-electron chi connectivity index (χ3n) is 3.88. The monoisotopic (exact) mass is 279 g/mol. The zero-order chi connectivity index (χ0) is 13.2. The first-order valence-electron chi connectivity index (χ1n) is 6.72. The maximum atomic E-state index is 12.3. The van der Waals surface area contributed by atoms with E-state index in [1.54, 1.807) is 23.0 Å². The molecule has 1 aliphatic heterocycles. The zero-order valence-corrected chi connectivity index (χ0v) is 11.5. The van der Waals surface area contributed by atoms with E-state index in [4.69, 9.17) is 0 Å². The molecule has 0 spiro atoms. The van der Waals surface area contributed by atoms with E-state index in [9.17, 15) is 9.59 Å². The summed E-state index contributed by atoms with van der Waals surface area (Å²) in [6, 6.07) is -0.203. The van der Waals surface area contributed by atoms with Gasteiger partial charge in [0.1, 0.15) is 0 Å². The van der Waals surface area contributed by atoms with Crippen LogP contribution in [0.3, 0.4) is 0 Å². The normalized spacial score (nSPS) is 24.6. The summed E-state index contributed by atoms with van der Waals surface area (Å²) in [7, 11) is 0. The van der Waals surface area contributed by atoms with Crippen LogP contribution in [0.25, 0.3) is 0 Å². The van der Waals surface area contributed by atoms with Crippen LogP contribution in [0.4, 0.5) is 0 Å². The molecule has 5 nitrogen and oxygen atoms in total. The first-order valence-corrected chi connectivity index (χ1v) is 7.60. The Bertz CT molecular complexity index is 468. The van der Waals surface area contributed by atoms with Gasteiger partial charge in [-0.3, -0.25) is 19.5 Å². The second kappa shape index (κ2) is 5.38. The Morgan fingerprint density at radius 2 is 2.16 bits per heavy atom. The van der Waals surface area contributed by atoms with Crippen molar-refractivity contribution in [1.82, 2.24) is 15.2 Å². The van der Waals surface area contributed by atoms with Gasteiger partial charge in [0.25, 0.3) is 0 Å². The Kier molecular flexibility index (Phi) is 3.61. The molecule has 0 bridgehead atoms. The molecule has 1 atom stereocenters. The van der Waals surface area contributed by atoms with Gasteiger partial charge in [-0.1, -0.05) is 12.8 Å². The number of imide groups is 1.